The van der Waals surface area contributed by atoms with Crippen LogP contribution < -0.4 is 5.73 Å². The van der Waals surface area contributed by atoms with Crippen molar-refractivity contribution in [3.05, 3.63) is 137 Å². The van der Waals surface area contributed by atoms with Gasteiger partial charge in [-0.15, -0.1) is 0 Å². The molecule has 0 heterocycles. The summed E-state index contributed by atoms with van der Waals surface area (Å²) in [6, 6.07) is 38.2. The van der Waals surface area contributed by atoms with Crippen LogP contribution in [0.5, 0.6) is 0 Å². The van der Waals surface area contributed by atoms with E-state index in [1.165, 1.54) is 22.3 Å². The maximum Gasteiger partial charge on any atom is 0.0724 e. The SMILES string of the molecule is Cc1ccccc1C(c1ccccc1)(c1ccccc1)c1ccccc1N. The van der Waals surface area contributed by atoms with Crippen molar-refractivity contribution in [3.8, 4) is 0 Å². The summed E-state index contributed by atoms with van der Waals surface area (Å²) in [7, 11) is 0. The molecule has 0 fully saturated rings. The number of anilines is 1. The van der Waals surface area contributed by atoms with Crippen LogP contribution >= 0.6 is 0 Å². The normalized spacial score (nSPS) is 11.3. The molecule has 4 rings (SSSR count). The van der Waals surface area contributed by atoms with E-state index < -0.39 is 5.41 Å². The first-order valence-electron chi connectivity index (χ1n) is 9.26. The Morgan fingerprint density at radius 2 is 0.963 bits per heavy atom. The predicted molar refractivity (Wildman–Crippen MR) is 114 cm³/mol. The van der Waals surface area contributed by atoms with Crippen molar-refractivity contribution in [3.63, 3.8) is 0 Å². The Bertz CT molecular complexity index is 949. The van der Waals surface area contributed by atoms with E-state index in [0.29, 0.717) is 0 Å². The number of aryl methyl sites for hydroxylation is 1. The largest absolute Gasteiger partial charge is 0.398 e. The van der Waals surface area contributed by atoms with Gasteiger partial charge in [0.1, 0.15) is 0 Å². The summed E-state index contributed by atoms with van der Waals surface area (Å²) in [4.78, 5) is 0. The van der Waals surface area contributed by atoms with Crippen LogP contribution in [0.15, 0.2) is 109 Å². The number of hydrogen-bond acceptors (Lipinski definition) is 1. The van der Waals surface area contributed by atoms with Crippen LogP contribution in [0.25, 0.3) is 0 Å². The molecule has 0 aliphatic heterocycles. The lowest BCUT2D eigenvalue weighted by Crippen LogP contribution is -2.32. The fraction of sp³-hybridized carbons (Fsp3) is 0.0769. The molecule has 0 unspecified atom stereocenters. The fourth-order valence-corrected chi connectivity index (χ4v) is 4.14. The van der Waals surface area contributed by atoms with Crippen molar-refractivity contribution >= 4 is 5.69 Å². The zero-order valence-electron chi connectivity index (χ0n) is 15.5. The first-order valence-corrected chi connectivity index (χ1v) is 9.26. The summed E-state index contributed by atoms with van der Waals surface area (Å²) < 4.78 is 0. The zero-order valence-corrected chi connectivity index (χ0v) is 15.5. The quantitative estimate of drug-likeness (QED) is 0.357. The molecule has 0 aliphatic rings. The average Bonchev–Trinajstić information content (AvgIpc) is 2.73. The number of benzene rings is 4. The lowest BCUT2D eigenvalue weighted by atomic mass is 9.63. The van der Waals surface area contributed by atoms with E-state index in [2.05, 4.69) is 104 Å². The van der Waals surface area contributed by atoms with Crippen LogP contribution in [0.1, 0.15) is 27.8 Å². The minimum atomic E-state index is -0.473. The second kappa shape index (κ2) is 7.13. The fourth-order valence-electron chi connectivity index (χ4n) is 4.14. The summed E-state index contributed by atoms with van der Waals surface area (Å²) in [5.41, 5.74) is 12.9. The van der Waals surface area contributed by atoms with Crippen LogP contribution in [0.2, 0.25) is 0 Å². The van der Waals surface area contributed by atoms with Crippen LogP contribution in [0, 0.1) is 6.92 Å². The Kier molecular flexibility index (Phi) is 4.52. The van der Waals surface area contributed by atoms with E-state index in [1.807, 2.05) is 12.1 Å². The summed E-state index contributed by atoms with van der Waals surface area (Å²) >= 11 is 0. The van der Waals surface area contributed by atoms with Gasteiger partial charge in [0, 0.05) is 5.69 Å². The van der Waals surface area contributed by atoms with Gasteiger partial charge in [-0.2, -0.15) is 0 Å². The molecule has 0 aromatic heterocycles. The minimum absolute atomic E-state index is 0.473. The van der Waals surface area contributed by atoms with E-state index in [-0.39, 0.29) is 0 Å². The molecular weight excluding hydrogens is 326 g/mol. The monoisotopic (exact) mass is 349 g/mol. The second-order valence-electron chi connectivity index (χ2n) is 6.88. The van der Waals surface area contributed by atoms with Gasteiger partial charge in [0.2, 0.25) is 0 Å². The van der Waals surface area contributed by atoms with Crippen molar-refractivity contribution in [1.82, 2.24) is 0 Å². The second-order valence-corrected chi connectivity index (χ2v) is 6.88. The lowest BCUT2D eigenvalue weighted by molar-refractivity contribution is 0.741. The van der Waals surface area contributed by atoms with Crippen LogP contribution in [-0.4, -0.2) is 0 Å². The third-order valence-corrected chi connectivity index (χ3v) is 5.33. The topological polar surface area (TPSA) is 26.0 Å². The Hall–Kier alpha value is -3.32. The third-order valence-electron chi connectivity index (χ3n) is 5.33. The molecule has 1 heteroatoms. The van der Waals surface area contributed by atoms with Gasteiger partial charge in [-0.05, 0) is 40.8 Å². The molecule has 0 bridgehead atoms. The zero-order chi connectivity index (χ0) is 18.7. The molecule has 132 valence electrons. The van der Waals surface area contributed by atoms with Gasteiger partial charge in [-0.3, -0.25) is 0 Å². The van der Waals surface area contributed by atoms with Crippen molar-refractivity contribution in [2.24, 2.45) is 0 Å². The van der Waals surface area contributed by atoms with E-state index in [9.17, 15) is 0 Å². The number of para-hydroxylation sites is 1. The number of nitrogen functional groups attached to an aromatic ring is 1. The highest BCUT2D eigenvalue weighted by Crippen LogP contribution is 2.47. The van der Waals surface area contributed by atoms with Gasteiger partial charge in [0.05, 0.1) is 5.41 Å². The molecule has 0 spiro atoms. The highest BCUT2D eigenvalue weighted by molar-refractivity contribution is 5.67. The predicted octanol–water partition coefficient (Wildman–Crippen LogP) is 5.96. The third kappa shape index (κ3) is 2.82. The lowest BCUT2D eigenvalue weighted by Gasteiger charge is -2.38. The van der Waals surface area contributed by atoms with Crippen molar-refractivity contribution in [1.29, 1.82) is 0 Å². The van der Waals surface area contributed by atoms with Crippen LogP contribution in [0.4, 0.5) is 5.69 Å². The first kappa shape index (κ1) is 17.1. The smallest absolute Gasteiger partial charge is 0.0724 e. The molecule has 0 aliphatic carbocycles. The van der Waals surface area contributed by atoms with Crippen LogP contribution in [-0.2, 0) is 5.41 Å². The minimum Gasteiger partial charge on any atom is -0.398 e. The highest BCUT2D eigenvalue weighted by Gasteiger charge is 2.40. The Labute approximate surface area is 161 Å². The van der Waals surface area contributed by atoms with Gasteiger partial charge >= 0.3 is 0 Å². The molecule has 27 heavy (non-hydrogen) atoms. The number of nitrogens with two attached hydrogens (primary N) is 1. The Morgan fingerprint density at radius 3 is 1.48 bits per heavy atom. The van der Waals surface area contributed by atoms with E-state index in [4.69, 9.17) is 5.73 Å². The first-order chi connectivity index (χ1) is 13.2. The highest BCUT2D eigenvalue weighted by atomic mass is 14.6. The molecule has 4 aromatic rings. The van der Waals surface area contributed by atoms with E-state index >= 15 is 0 Å². The summed E-state index contributed by atoms with van der Waals surface area (Å²) in [6.07, 6.45) is 0. The van der Waals surface area contributed by atoms with Crippen LogP contribution in [0.3, 0.4) is 0 Å². The van der Waals surface area contributed by atoms with Gasteiger partial charge in [0.25, 0.3) is 0 Å². The van der Waals surface area contributed by atoms with E-state index in [0.717, 1.165) is 11.3 Å². The summed E-state index contributed by atoms with van der Waals surface area (Å²) in [6.45, 7) is 2.18. The van der Waals surface area contributed by atoms with Gasteiger partial charge in [-0.25, -0.2) is 0 Å². The maximum atomic E-state index is 6.57. The molecule has 0 saturated carbocycles. The van der Waals surface area contributed by atoms with Gasteiger partial charge in [-0.1, -0.05) is 103 Å². The maximum absolute atomic E-state index is 6.57. The molecule has 0 atom stereocenters. The van der Waals surface area contributed by atoms with Crippen molar-refractivity contribution < 1.29 is 0 Å². The average molecular weight is 349 g/mol. The Balaban J connectivity index is 2.20. The van der Waals surface area contributed by atoms with E-state index in [1.54, 1.807) is 0 Å². The van der Waals surface area contributed by atoms with Crippen molar-refractivity contribution in [2.45, 2.75) is 12.3 Å². The Morgan fingerprint density at radius 1 is 0.519 bits per heavy atom. The standard InChI is InChI=1S/C26H23N/c1-20-12-8-9-17-23(20)26(21-13-4-2-5-14-21,22-15-6-3-7-16-22)24-18-10-11-19-25(24)27/h2-19H,27H2,1H3. The molecule has 2 N–H and O–H groups in total. The molecule has 0 amide bonds. The van der Waals surface area contributed by atoms with Crippen molar-refractivity contribution in [2.75, 3.05) is 5.73 Å². The number of rotatable bonds is 4. The molecule has 1 nitrogen and oxygen atoms in total. The number of hydrogen-bond donors (Lipinski definition) is 1. The summed E-state index contributed by atoms with van der Waals surface area (Å²) in [5.74, 6) is 0. The molecule has 0 radical (unpaired) electrons. The molecule has 4 aromatic carbocycles. The van der Waals surface area contributed by atoms with Gasteiger partial charge < -0.3 is 5.73 Å². The molecular formula is C26H23N. The van der Waals surface area contributed by atoms with Gasteiger partial charge in [0.15, 0.2) is 0 Å². The molecule has 0 saturated heterocycles. The summed E-state index contributed by atoms with van der Waals surface area (Å²) in [5, 5.41) is 0.